The third kappa shape index (κ3) is 5.05. The minimum atomic E-state index is -1.16. The molecule has 7 nitrogen and oxygen atoms in total. The molecule has 33 heavy (non-hydrogen) atoms. The van der Waals surface area contributed by atoms with Crippen LogP contribution in [0.2, 0.25) is 0 Å². The average molecular weight is 527 g/mol. The first-order chi connectivity index (χ1) is 15.6. The Hall–Kier alpha value is -2.88. The topological polar surface area (TPSA) is 90.1 Å². The second-order valence-electron chi connectivity index (χ2n) is 8.15. The van der Waals surface area contributed by atoms with Gasteiger partial charge in [0.05, 0.1) is 11.4 Å². The zero-order valence-electron chi connectivity index (χ0n) is 18.7. The smallest absolute Gasteiger partial charge is 0.276 e. The quantitative estimate of drug-likeness (QED) is 0.382. The molecule has 170 valence electrons. The van der Waals surface area contributed by atoms with Gasteiger partial charge >= 0.3 is 0 Å². The fraction of sp³-hybridized carbons (Fsp3) is 0.250. The number of aromatic nitrogens is 4. The minimum absolute atomic E-state index is 0.261. The molecule has 9 heteroatoms. The molecule has 0 aliphatic carbocycles. The molecule has 3 aromatic heterocycles. The van der Waals surface area contributed by atoms with Crippen molar-refractivity contribution < 1.29 is 9.84 Å². The van der Waals surface area contributed by atoms with E-state index in [1.54, 1.807) is 44.4 Å². The largest absolute Gasteiger partial charge is 0.472 e. The molecule has 0 spiro atoms. The molecule has 0 atom stereocenters. The third-order valence-corrected chi connectivity index (χ3v) is 6.52. The maximum atomic E-state index is 13.2. The molecule has 0 amide bonds. The van der Waals surface area contributed by atoms with Gasteiger partial charge in [-0.25, -0.2) is 9.97 Å². The number of hydrogen-bond donors (Lipinski definition) is 1. The number of hydrogen-bond acceptors (Lipinski definition) is 7. The Morgan fingerprint density at radius 2 is 1.97 bits per heavy atom. The van der Waals surface area contributed by atoms with Crippen LogP contribution in [0, 0.1) is 13.8 Å². The second-order valence-corrected chi connectivity index (χ2v) is 10.1. The van der Waals surface area contributed by atoms with Crippen LogP contribution >= 0.6 is 27.3 Å². The molecule has 0 saturated heterocycles. The molecule has 4 rings (SSSR count). The zero-order valence-corrected chi connectivity index (χ0v) is 21.1. The third-order valence-electron chi connectivity index (χ3n) is 4.93. The Bertz CT molecular complexity index is 1370. The number of halogens is 1. The minimum Gasteiger partial charge on any atom is -0.472 e. The highest BCUT2D eigenvalue weighted by atomic mass is 79.9. The van der Waals surface area contributed by atoms with E-state index < -0.39 is 5.60 Å². The van der Waals surface area contributed by atoms with Crippen molar-refractivity contribution in [2.24, 2.45) is 0 Å². The summed E-state index contributed by atoms with van der Waals surface area (Å²) in [6.07, 6.45) is 1.61. The van der Waals surface area contributed by atoms with E-state index in [1.807, 2.05) is 36.6 Å². The van der Waals surface area contributed by atoms with Crippen molar-refractivity contribution in [3.8, 4) is 22.8 Å². The van der Waals surface area contributed by atoms with E-state index in [9.17, 15) is 9.90 Å². The predicted molar refractivity (Wildman–Crippen MR) is 132 cm³/mol. The van der Waals surface area contributed by atoms with Crippen LogP contribution in [0.1, 0.15) is 35.9 Å². The molecule has 1 N–H and O–H groups in total. The van der Waals surface area contributed by atoms with Crippen LogP contribution in [0.15, 0.2) is 57.2 Å². The lowest BCUT2D eigenvalue weighted by atomic mass is 10.1. The highest BCUT2D eigenvalue weighted by molar-refractivity contribution is 9.10. The van der Waals surface area contributed by atoms with Crippen molar-refractivity contribution in [3.63, 3.8) is 0 Å². The highest BCUT2D eigenvalue weighted by Crippen LogP contribution is 2.25. The number of aliphatic hydroxyl groups is 1. The fourth-order valence-electron chi connectivity index (χ4n) is 3.33. The summed E-state index contributed by atoms with van der Waals surface area (Å²) in [5.41, 5.74) is 1.69. The number of nitrogens with zero attached hydrogens (tertiary/aromatic N) is 4. The molecular weight excluding hydrogens is 504 g/mol. The van der Waals surface area contributed by atoms with Gasteiger partial charge in [0.25, 0.3) is 5.56 Å². The van der Waals surface area contributed by atoms with E-state index in [0.717, 1.165) is 11.1 Å². The first-order valence-corrected chi connectivity index (χ1v) is 11.9. The molecule has 0 bridgehead atoms. The van der Waals surface area contributed by atoms with Crippen LogP contribution in [-0.2, 0) is 12.2 Å². The second kappa shape index (κ2) is 9.17. The Labute approximate surface area is 203 Å². The number of benzene rings is 1. The summed E-state index contributed by atoms with van der Waals surface area (Å²) in [5.74, 6) is 1.08. The fourth-order valence-corrected chi connectivity index (χ4v) is 4.40. The first kappa shape index (κ1) is 23.3. The Morgan fingerprint density at radius 3 is 2.67 bits per heavy atom. The summed E-state index contributed by atoms with van der Waals surface area (Å²) in [6, 6.07) is 11.2. The van der Waals surface area contributed by atoms with Crippen molar-refractivity contribution in [2.45, 2.75) is 39.9 Å². The number of aryl methyl sites for hydroxylation is 2. The van der Waals surface area contributed by atoms with Gasteiger partial charge in [0.2, 0.25) is 5.88 Å². The summed E-state index contributed by atoms with van der Waals surface area (Å²) in [6.45, 7) is 7.41. The summed E-state index contributed by atoms with van der Waals surface area (Å²) >= 11 is 5.02. The maximum absolute atomic E-state index is 13.2. The van der Waals surface area contributed by atoms with Gasteiger partial charge in [-0.1, -0.05) is 12.1 Å². The normalized spacial score (nSPS) is 11.6. The Balaban J connectivity index is 1.69. The molecule has 0 aliphatic rings. The van der Waals surface area contributed by atoms with Crippen LogP contribution in [0.3, 0.4) is 0 Å². The molecule has 0 radical (unpaired) electrons. The van der Waals surface area contributed by atoms with E-state index in [2.05, 4.69) is 36.9 Å². The van der Waals surface area contributed by atoms with Gasteiger partial charge in [-0.15, -0.1) is 11.3 Å². The molecule has 1 aromatic carbocycles. The zero-order chi connectivity index (χ0) is 23.8. The van der Waals surface area contributed by atoms with Crippen molar-refractivity contribution >= 4 is 27.3 Å². The van der Waals surface area contributed by atoms with E-state index in [1.165, 1.54) is 9.44 Å². The summed E-state index contributed by atoms with van der Waals surface area (Å²) < 4.78 is 7.60. The number of thiophene rings is 1. The van der Waals surface area contributed by atoms with Crippen LogP contribution in [0.4, 0.5) is 0 Å². The standard InChI is InChI=1S/C24H23BrN4O3S/c1-14-10-16(13-33-14)12-32-21-20(25)22(30)29(15(2)27-21)18-7-5-6-17(11-18)19-8-9-26-23(28-19)24(3,4)31/h5-11,13,31H,12H2,1-4H3. The van der Waals surface area contributed by atoms with Crippen molar-refractivity contribution in [3.05, 3.63) is 84.9 Å². The summed E-state index contributed by atoms with van der Waals surface area (Å²) in [4.78, 5) is 27.6. The van der Waals surface area contributed by atoms with E-state index in [-0.39, 0.29) is 15.9 Å². The van der Waals surface area contributed by atoms with Gasteiger partial charge in [-0.2, -0.15) is 4.98 Å². The summed E-state index contributed by atoms with van der Waals surface area (Å²) in [5, 5.41) is 12.3. The van der Waals surface area contributed by atoms with Gasteiger partial charge in [0, 0.05) is 22.2 Å². The lowest BCUT2D eigenvalue weighted by Gasteiger charge is -2.16. The van der Waals surface area contributed by atoms with Gasteiger partial charge in [-0.3, -0.25) is 9.36 Å². The SMILES string of the molecule is Cc1cc(COc2nc(C)n(-c3cccc(-c4ccnc(C(C)(C)O)n4)c3)c(=O)c2Br)cs1. The molecule has 0 fully saturated rings. The molecule has 0 saturated carbocycles. The monoisotopic (exact) mass is 526 g/mol. The maximum Gasteiger partial charge on any atom is 0.276 e. The van der Waals surface area contributed by atoms with Gasteiger partial charge in [-0.05, 0) is 73.3 Å². The lowest BCUT2D eigenvalue weighted by molar-refractivity contribution is 0.0688. The Morgan fingerprint density at radius 1 is 1.18 bits per heavy atom. The molecular formula is C24H23BrN4O3S. The first-order valence-electron chi connectivity index (χ1n) is 10.3. The van der Waals surface area contributed by atoms with Crippen molar-refractivity contribution in [2.75, 3.05) is 0 Å². The predicted octanol–water partition coefficient (Wildman–Crippen LogP) is 4.94. The molecule has 0 aliphatic heterocycles. The van der Waals surface area contributed by atoms with Gasteiger partial charge in [0.15, 0.2) is 5.82 Å². The van der Waals surface area contributed by atoms with Crippen molar-refractivity contribution in [1.29, 1.82) is 0 Å². The van der Waals surface area contributed by atoms with E-state index >= 15 is 0 Å². The molecule has 3 heterocycles. The van der Waals surface area contributed by atoms with Gasteiger partial charge < -0.3 is 9.84 Å². The molecule has 4 aromatic rings. The average Bonchev–Trinajstić information content (AvgIpc) is 3.20. The van der Waals surface area contributed by atoms with Crippen LogP contribution in [0.5, 0.6) is 5.88 Å². The van der Waals surface area contributed by atoms with E-state index in [0.29, 0.717) is 29.6 Å². The van der Waals surface area contributed by atoms with Gasteiger partial charge in [0.1, 0.15) is 22.5 Å². The molecule has 0 unspecified atom stereocenters. The highest BCUT2D eigenvalue weighted by Gasteiger charge is 2.20. The Kier molecular flexibility index (Phi) is 6.47. The van der Waals surface area contributed by atoms with Crippen LogP contribution < -0.4 is 10.3 Å². The van der Waals surface area contributed by atoms with Crippen LogP contribution in [-0.4, -0.2) is 24.6 Å². The number of rotatable bonds is 6. The van der Waals surface area contributed by atoms with Crippen LogP contribution in [0.25, 0.3) is 16.9 Å². The van der Waals surface area contributed by atoms with Crippen molar-refractivity contribution in [1.82, 2.24) is 19.5 Å². The lowest BCUT2D eigenvalue weighted by Crippen LogP contribution is -2.23. The number of ether oxygens (including phenoxy) is 1. The summed E-state index contributed by atoms with van der Waals surface area (Å²) in [7, 11) is 0. The van der Waals surface area contributed by atoms with E-state index in [4.69, 9.17) is 4.74 Å².